The van der Waals surface area contributed by atoms with Crippen LogP contribution in [0, 0.1) is 0 Å². The average molecular weight is 500 g/mol. The van der Waals surface area contributed by atoms with E-state index in [0.29, 0.717) is 51.3 Å². The van der Waals surface area contributed by atoms with Crippen LogP contribution in [0.4, 0.5) is 0 Å². The number of carbonyl (C=O) groups is 2. The molecule has 7 heteroatoms. The number of ether oxygens (including phenoxy) is 2. The Kier molecular flexibility index (Phi) is 8.11. The van der Waals surface area contributed by atoms with E-state index in [4.69, 9.17) is 9.47 Å². The highest BCUT2D eigenvalue weighted by Gasteiger charge is 2.22. The Hall–Kier alpha value is -3.71. The van der Waals surface area contributed by atoms with Crippen LogP contribution in [0.15, 0.2) is 67.0 Å². The number of fused-ring (bicyclic) bond motifs is 3. The van der Waals surface area contributed by atoms with Gasteiger partial charge < -0.3 is 19.7 Å². The Bertz CT molecular complexity index is 1220. The Morgan fingerprint density at radius 1 is 0.973 bits per heavy atom. The minimum Gasteiger partial charge on any atom is -0.491 e. The molecule has 0 saturated carbocycles. The monoisotopic (exact) mass is 499 g/mol. The number of aromatic nitrogens is 1. The highest BCUT2D eigenvalue weighted by Crippen LogP contribution is 2.29. The molecule has 2 bridgehead atoms. The van der Waals surface area contributed by atoms with Crippen LogP contribution in [0.2, 0.25) is 0 Å². The third kappa shape index (κ3) is 6.54. The smallest absolute Gasteiger partial charge is 0.251 e. The van der Waals surface area contributed by atoms with Crippen molar-refractivity contribution < 1.29 is 19.1 Å². The first-order chi connectivity index (χ1) is 18.2. The van der Waals surface area contributed by atoms with E-state index >= 15 is 0 Å². The predicted octanol–water partition coefficient (Wildman–Crippen LogP) is 4.25. The van der Waals surface area contributed by atoms with Crippen molar-refractivity contribution >= 4 is 11.8 Å². The Morgan fingerprint density at radius 2 is 1.86 bits per heavy atom. The summed E-state index contributed by atoms with van der Waals surface area (Å²) in [5.74, 6) is 0.684. The summed E-state index contributed by atoms with van der Waals surface area (Å²) in [7, 11) is 0. The SMILES string of the molecule is O=C1NCCN(C(=O)CC2CCCCO2)CCOc2ccc(-c3ccncc3)cc2Cc2cccc1c2. The number of carbonyl (C=O) groups excluding carboxylic acids is 2. The summed E-state index contributed by atoms with van der Waals surface area (Å²) in [5.41, 5.74) is 4.81. The van der Waals surface area contributed by atoms with E-state index < -0.39 is 0 Å². The molecule has 1 fully saturated rings. The molecule has 2 aliphatic heterocycles. The van der Waals surface area contributed by atoms with Gasteiger partial charge in [0, 0.05) is 44.1 Å². The van der Waals surface area contributed by atoms with Gasteiger partial charge in [-0.15, -0.1) is 0 Å². The van der Waals surface area contributed by atoms with Gasteiger partial charge in [-0.25, -0.2) is 0 Å². The lowest BCUT2D eigenvalue weighted by Gasteiger charge is -2.27. The zero-order valence-corrected chi connectivity index (χ0v) is 21.0. The Labute approximate surface area is 217 Å². The molecule has 3 aromatic rings. The van der Waals surface area contributed by atoms with Gasteiger partial charge >= 0.3 is 0 Å². The third-order valence-corrected chi connectivity index (χ3v) is 6.97. The van der Waals surface area contributed by atoms with Crippen molar-refractivity contribution in [3.8, 4) is 16.9 Å². The summed E-state index contributed by atoms with van der Waals surface area (Å²) in [5, 5.41) is 2.97. The highest BCUT2D eigenvalue weighted by atomic mass is 16.5. The van der Waals surface area contributed by atoms with Gasteiger partial charge in [0.15, 0.2) is 0 Å². The molecular weight excluding hydrogens is 466 g/mol. The molecule has 7 nitrogen and oxygen atoms in total. The van der Waals surface area contributed by atoms with Crippen LogP contribution >= 0.6 is 0 Å². The van der Waals surface area contributed by atoms with Gasteiger partial charge in [-0.3, -0.25) is 14.6 Å². The lowest BCUT2D eigenvalue weighted by molar-refractivity contribution is -0.135. The number of pyridine rings is 1. The van der Waals surface area contributed by atoms with Crippen molar-refractivity contribution in [3.63, 3.8) is 0 Å². The molecular formula is C30H33N3O4. The van der Waals surface area contributed by atoms with E-state index in [0.717, 1.165) is 47.3 Å². The number of benzene rings is 2. The maximum absolute atomic E-state index is 13.2. The summed E-state index contributed by atoms with van der Waals surface area (Å²) in [6.07, 6.45) is 7.58. The first kappa shape index (κ1) is 25.0. The topological polar surface area (TPSA) is 80.8 Å². The Balaban J connectivity index is 1.40. The van der Waals surface area contributed by atoms with E-state index in [1.54, 1.807) is 17.3 Å². The lowest BCUT2D eigenvalue weighted by Crippen LogP contribution is -2.42. The van der Waals surface area contributed by atoms with Gasteiger partial charge in [-0.05, 0) is 77.9 Å². The summed E-state index contributed by atoms with van der Waals surface area (Å²) < 4.78 is 12.1. The molecule has 5 rings (SSSR count). The second-order valence-corrected chi connectivity index (χ2v) is 9.61. The molecule has 1 saturated heterocycles. The fourth-order valence-electron chi connectivity index (χ4n) is 4.95. The number of nitrogens with one attached hydrogen (secondary N) is 1. The highest BCUT2D eigenvalue weighted by molar-refractivity contribution is 5.94. The largest absolute Gasteiger partial charge is 0.491 e. The molecule has 3 heterocycles. The molecule has 0 spiro atoms. The van der Waals surface area contributed by atoms with Crippen molar-refractivity contribution in [2.75, 3.05) is 32.8 Å². The van der Waals surface area contributed by atoms with Crippen LogP contribution in [-0.2, 0) is 16.0 Å². The second-order valence-electron chi connectivity index (χ2n) is 9.61. The number of amides is 2. The molecule has 2 aromatic carbocycles. The first-order valence-electron chi connectivity index (χ1n) is 13.1. The zero-order chi connectivity index (χ0) is 25.5. The summed E-state index contributed by atoms with van der Waals surface area (Å²) >= 11 is 0. The van der Waals surface area contributed by atoms with Crippen LogP contribution in [0.1, 0.15) is 47.2 Å². The quantitative estimate of drug-likeness (QED) is 0.583. The van der Waals surface area contributed by atoms with Crippen LogP contribution in [0.25, 0.3) is 11.1 Å². The number of nitrogens with zero attached hydrogens (tertiary/aromatic N) is 2. The Morgan fingerprint density at radius 3 is 2.70 bits per heavy atom. The molecule has 2 amide bonds. The van der Waals surface area contributed by atoms with Crippen LogP contribution in [-0.4, -0.2) is 60.7 Å². The number of hydrogen-bond donors (Lipinski definition) is 1. The van der Waals surface area contributed by atoms with Gasteiger partial charge in [0.2, 0.25) is 5.91 Å². The van der Waals surface area contributed by atoms with Crippen molar-refractivity contribution in [1.82, 2.24) is 15.2 Å². The standard InChI is InChI=1S/C30H33N3O4/c34-29(21-27-6-1-2-16-36-27)33-14-13-32-30(35)25-5-3-4-22(18-25)19-26-20-24(23-9-11-31-12-10-23)7-8-28(26)37-17-15-33/h3-5,7-12,18,20,27H,1-2,6,13-17,19,21H2,(H,32,35). The van der Waals surface area contributed by atoms with Crippen LogP contribution < -0.4 is 10.1 Å². The summed E-state index contributed by atoms with van der Waals surface area (Å²) in [6, 6.07) is 17.8. The van der Waals surface area contributed by atoms with E-state index in [9.17, 15) is 9.59 Å². The predicted molar refractivity (Wildman–Crippen MR) is 142 cm³/mol. The van der Waals surface area contributed by atoms with E-state index in [1.807, 2.05) is 48.5 Å². The lowest BCUT2D eigenvalue weighted by atomic mass is 9.97. The van der Waals surface area contributed by atoms with E-state index in [1.165, 1.54) is 0 Å². The minimum atomic E-state index is -0.135. The molecule has 1 aromatic heterocycles. The molecule has 0 radical (unpaired) electrons. The maximum Gasteiger partial charge on any atom is 0.251 e. The fraction of sp³-hybridized carbons (Fsp3) is 0.367. The van der Waals surface area contributed by atoms with Gasteiger partial charge in [-0.2, -0.15) is 0 Å². The summed E-state index contributed by atoms with van der Waals surface area (Å²) in [6.45, 7) is 2.33. The molecule has 192 valence electrons. The van der Waals surface area contributed by atoms with Gasteiger partial charge in [0.1, 0.15) is 12.4 Å². The second kappa shape index (κ2) is 12.0. The zero-order valence-electron chi connectivity index (χ0n) is 21.0. The molecule has 1 N–H and O–H groups in total. The molecule has 2 aliphatic rings. The summed E-state index contributed by atoms with van der Waals surface area (Å²) in [4.78, 5) is 31.9. The minimum absolute atomic E-state index is 0.0278. The number of rotatable bonds is 3. The molecule has 37 heavy (non-hydrogen) atoms. The first-order valence-corrected chi connectivity index (χ1v) is 13.1. The average Bonchev–Trinajstić information content (AvgIpc) is 2.93. The third-order valence-electron chi connectivity index (χ3n) is 6.97. The van der Waals surface area contributed by atoms with Gasteiger partial charge in [-0.1, -0.05) is 18.2 Å². The van der Waals surface area contributed by atoms with Crippen molar-refractivity contribution in [3.05, 3.63) is 83.7 Å². The van der Waals surface area contributed by atoms with Gasteiger partial charge in [0.05, 0.1) is 19.1 Å². The van der Waals surface area contributed by atoms with E-state index in [2.05, 4.69) is 16.4 Å². The normalized spacial score (nSPS) is 18.6. The fourth-order valence-corrected chi connectivity index (χ4v) is 4.95. The van der Waals surface area contributed by atoms with Crippen LogP contribution in [0.5, 0.6) is 5.75 Å². The molecule has 0 aliphatic carbocycles. The van der Waals surface area contributed by atoms with Gasteiger partial charge in [0.25, 0.3) is 5.91 Å². The number of hydrogen-bond acceptors (Lipinski definition) is 5. The maximum atomic E-state index is 13.2. The van der Waals surface area contributed by atoms with Crippen LogP contribution in [0.3, 0.4) is 0 Å². The molecule has 1 unspecified atom stereocenters. The van der Waals surface area contributed by atoms with Crippen molar-refractivity contribution in [2.24, 2.45) is 0 Å². The molecule has 1 atom stereocenters. The van der Waals surface area contributed by atoms with Crippen molar-refractivity contribution in [2.45, 2.75) is 38.2 Å². The van der Waals surface area contributed by atoms with E-state index in [-0.39, 0.29) is 17.9 Å². The van der Waals surface area contributed by atoms with Crippen molar-refractivity contribution in [1.29, 1.82) is 0 Å².